The van der Waals surface area contributed by atoms with Crippen LogP contribution in [0.3, 0.4) is 0 Å². The molecular formula is C28H31N5O4S2. The fraction of sp³-hybridized carbons (Fsp3) is 0.357. The third kappa shape index (κ3) is 5.67. The Morgan fingerprint density at radius 2 is 1.92 bits per heavy atom. The zero-order chi connectivity index (χ0) is 27.5. The number of fused-ring (bicyclic) bond motifs is 2. The molecule has 9 nitrogen and oxygen atoms in total. The molecule has 0 aliphatic carbocycles. The molecule has 11 heteroatoms. The second-order valence-corrected chi connectivity index (χ2v) is 11.6. The van der Waals surface area contributed by atoms with E-state index in [9.17, 15) is 14.7 Å². The fourth-order valence-electron chi connectivity index (χ4n) is 5.04. The lowest BCUT2D eigenvalue weighted by Gasteiger charge is -2.36. The normalized spacial score (nSPS) is 16.8. The molecule has 2 amide bonds. The number of hydrogen-bond donors (Lipinski definition) is 3. The summed E-state index contributed by atoms with van der Waals surface area (Å²) in [5, 5.41) is 17.7. The average molecular weight is 566 g/mol. The number of thiazole rings is 1. The molecule has 1 aliphatic heterocycles. The average Bonchev–Trinajstić information content (AvgIpc) is 3.49. The van der Waals surface area contributed by atoms with Gasteiger partial charge in [0, 0.05) is 55.5 Å². The fourth-order valence-corrected chi connectivity index (χ4v) is 7.49. The zero-order valence-corrected chi connectivity index (χ0v) is 23.7. The van der Waals surface area contributed by atoms with Gasteiger partial charge in [0.05, 0.1) is 22.9 Å². The molecule has 0 saturated carbocycles. The Labute approximate surface area is 234 Å². The molecule has 1 aliphatic rings. The first kappa shape index (κ1) is 27.2. The number of rotatable bonds is 9. The Balaban J connectivity index is 1.52. The smallest absolute Gasteiger partial charge is 0.408 e. The van der Waals surface area contributed by atoms with Crippen LogP contribution in [0.15, 0.2) is 42.7 Å². The number of benzene rings is 1. The van der Waals surface area contributed by atoms with Crippen LogP contribution in [0.4, 0.5) is 9.80 Å². The number of nitrogens with zero attached hydrogens (tertiary/aromatic N) is 3. The molecule has 204 valence electrons. The van der Waals surface area contributed by atoms with Gasteiger partial charge in [0.25, 0.3) is 0 Å². The molecule has 0 saturated heterocycles. The van der Waals surface area contributed by atoms with Crippen LogP contribution in [0.2, 0.25) is 0 Å². The highest BCUT2D eigenvalue weighted by atomic mass is 32.1. The highest BCUT2D eigenvalue weighted by Gasteiger charge is 2.37. The van der Waals surface area contributed by atoms with E-state index in [-0.39, 0.29) is 18.0 Å². The van der Waals surface area contributed by atoms with Crippen LogP contribution < -0.4 is 10.6 Å². The molecule has 1 aromatic carbocycles. The summed E-state index contributed by atoms with van der Waals surface area (Å²) in [7, 11) is 1.64. The van der Waals surface area contributed by atoms with Gasteiger partial charge in [0.2, 0.25) is 5.91 Å². The molecule has 2 atom stereocenters. The molecule has 3 N–H and O–H groups in total. The molecule has 0 bridgehead atoms. The van der Waals surface area contributed by atoms with Crippen LogP contribution in [0.5, 0.6) is 0 Å². The van der Waals surface area contributed by atoms with Gasteiger partial charge in [-0.15, -0.1) is 22.7 Å². The minimum absolute atomic E-state index is 0.100. The highest BCUT2D eigenvalue weighted by Crippen LogP contribution is 2.50. The number of methoxy groups -OCH3 is 1. The van der Waals surface area contributed by atoms with Crippen molar-refractivity contribution in [1.29, 1.82) is 0 Å². The zero-order valence-electron chi connectivity index (χ0n) is 22.1. The molecule has 2 unspecified atom stereocenters. The Bertz CT molecular complexity index is 1490. The Morgan fingerprint density at radius 1 is 1.13 bits per heavy atom. The summed E-state index contributed by atoms with van der Waals surface area (Å²) in [6, 6.07) is 9.65. The number of hydrogen-bond acceptors (Lipinski definition) is 8. The number of nitrogens with one attached hydrogen (secondary N) is 2. The summed E-state index contributed by atoms with van der Waals surface area (Å²) < 4.78 is 6.09. The van der Waals surface area contributed by atoms with E-state index in [4.69, 9.17) is 9.72 Å². The Kier molecular flexibility index (Phi) is 8.22. The van der Waals surface area contributed by atoms with Crippen molar-refractivity contribution in [2.75, 3.05) is 32.1 Å². The standard InChI is InChI=1S/C28H31N5O4S2/c1-16-14-20-24(26-31-21-5-4-19(15-22(21)38-26)18-6-9-29-10-7-18)27(32-23(34)8-11-30-12-13-37-3)39-25(20)17(2)33(16)28(35)36/h4-7,9-10,15-17,30H,8,11-14H2,1-3H3,(H,32,34)(H,35,36). The van der Waals surface area contributed by atoms with E-state index < -0.39 is 6.09 Å². The first-order valence-electron chi connectivity index (χ1n) is 12.8. The number of amides is 2. The molecule has 4 aromatic rings. The second-order valence-electron chi connectivity index (χ2n) is 9.55. The van der Waals surface area contributed by atoms with Crippen molar-refractivity contribution in [2.45, 2.75) is 38.8 Å². The minimum Gasteiger partial charge on any atom is -0.465 e. The third-order valence-corrected chi connectivity index (χ3v) is 9.26. The van der Waals surface area contributed by atoms with Gasteiger partial charge in [-0.1, -0.05) is 6.07 Å². The number of carbonyl (C=O) groups excluding carboxylic acids is 1. The second kappa shape index (κ2) is 11.8. The lowest BCUT2D eigenvalue weighted by Crippen LogP contribution is -2.43. The van der Waals surface area contributed by atoms with Crippen molar-refractivity contribution in [3.05, 3.63) is 53.2 Å². The van der Waals surface area contributed by atoms with Crippen LogP contribution in [0.25, 0.3) is 31.9 Å². The van der Waals surface area contributed by atoms with Crippen molar-refractivity contribution in [3.8, 4) is 21.7 Å². The predicted molar refractivity (Wildman–Crippen MR) is 156 cm³/mol. The first-order valence-corrected chi connectivity index (χ1v) is 14.5. The molecule has 0 radical (unpaired) electrons. The molecule has 4 heterocycles. The number of aromatic nitrogens is 2. The monoisotopic (exact) mass is 565 g/mol. The first-order chi connectivity index (χ1) is 18.9. The van der Waals surface area contributed by atoms with Crippen LogP contribution in [0.1, 0.15) is 36.8 Å². The third-order valence-electron chi connectivity index (χ3n) is 6.91. The summed E-state index contributed by atoms with van der Waals surface area (Å²) in [6.45, 7) is 5.64. The van der Waals surface area contributed by atoms with Gasteiger partial charge in [-0.2, -0.15) is 0 Å². The molecule has 5 rings (SSSR count). The van der Waals surface area contributed by atoms with Crippen molar-refractivity contribution in [3.63, 3.8) is 0 Å². The van der Waals surface area contributed by atoms with E-state index in [0.29, 0.717) is 32.5 Å². The van der Waals surface area contributed by atoms with Crippen molar-refractivity contribution < 1.29 is 19.4 Å². The number of thiophene rings is 1. The highest BCUT2D eigenvalue weighted by molar-refractivity contribution is 7.23. The predicted octanol–water partition coefficient (Wildman–Crippen LogP) is 5.64. The van der Waals surface area contributed by atoms with Crippen LogP contribution in [0, 0.1) is 0 Å². The summed E-state index contributed by atoms with van der Waals surface area (Å²) in [4.78, 5) is 36.5. The Morgan fingerprint density at radius 3 is 2.67 bits per heavy atom. The van der Waals surface area contributed by atoms with Gasteiger partial charge in [0.1, 0.15) is 10.0 Å². The summed E-state index contributed by atoms with van der Waals surface area (Å²) in [5.74, 6) is -0.100. The van der Waals surface area contributed by atoms with Gasteiger partial charge < -0.3 is 20.5 Å². The van der Waals surface area contributed by atoms with E-state index in [1.807, 2.05) is 32.0 Å². The number of ether oxygens (including phenoxy) is 1. The lowest BCUT2D eigenvalue weighted by atomic mass is 9.93. The van der Waals surface area contributed by atoms with Crippen molar-refractivity contribution >= 4 is 49.9 Å². The van der Waals surface area contributed by atoms with Gasteiger partial charge in [-0.25, -0.2) is 9.78 Å². The van der Waals surface area contributed by atoms with Crippen LogP contribution in [-0.2, 0) is 16.0 Å². The van der Waals surface area contributed by atoms with Gasteiger partial charge in [-0.3, -0.25) is 14.7 Å². The van der Waals surface area contributed by atoms with Crippen LogP contribution >= 0.6 is 22.7 Å². The molecular weight excluding hydrogens is 534 g/mol. The van der Waals surface area contributed by atoms with Gasteiger partial charge >= 0.3 is 6.09 Å². The summed E-state index contributed by atoms with van der Waals surface area (Å²) in [6.07, 6.45) is 3.49. The maximum absolute atomic E-state index is 12.9. The number of carbonyl (C=O) groups is 2. The van der Waals surface area contributed by atoms with Crippen molar-refractivity contribution in [1.82, 2.24) is 20.2 Å². The number of anilines is 1. The van der Waals surface area contributed by atoms with Gasteiger partial charge in [-0.05, 0) is 61.2 Å². The SMILES string of the molecule is COCCNCCC(=O)Nc1sc2c(c1-c1nc3ccc(-c4ccncc4)cc3s1)CC(C)N(C(=O)O)C2C. The molecule has 0 fully saturated rings. The van der Waals surface area contributed by atoms with Gasteiger partial charge in [0.15, 0.2) is 0 Å². The van der Waals surface area contributed by atoms with E-state index in [1.54, 1.807) is 30.8 Å². The topological polar surface area (TPSA) is 117 Å². The van der Waals surface area contributed by atoms with E-state index in [0.717, 1.165) is 47.4 Å². The van der Waals surface area contributed by atoms with E-state index in [1.165, 1.54) is 16.2 Å². The summed E-state index contributed by atoms with van der Waals surface area (Å²) in [5.41, 5.74) is 5.03. The largest absolute Gasteiger partial charge is 0.465 e. The maximum atomic E-state index is 12.9. The summed E-state index contributed by atoms with van der Waals surface area (Å²) >= 11 is 3.04. The maximum Gasteiger partial charge on any atom is 0.408 e. The number of pyridine rings is 1. The van der Waals surface area contributed by atoms with E-state index in [2.05, 4.69) is 27.8 Å². The molecule has 39 heavy (non-hydrogen) atoms. The number of carboxylic acid groups (broad SMARTS) is 1. The van der Waals surface area contributed by atoms with Crippen LogP contribution in [-0.4, -0.2) is 64.8 Å². The van der Waals surface area contributed by atoms with Crippen molar-refractivity contribution in [2.24, 2.45) is 0 Å². The van der Waals surface area contributed by atoms with E-state index >= 15 is 0 Å². The molecule has 3 aromatic heterocycles. The molecule has 0 spiro atoms. The lowest BCUT2D eigenvalue weighted by molar-refractivity contribution is -0.116. The quantitative estimate of drug-likeness (QED) is 0.225. The minimum atomic E-state index is -0.938. The Hall–Kier alpha value is -3.38.